The van der Waals surface area contributed by atoms with Crippen molar-refractivity contribution in [3.63, 3.8) is 0 Å². The molecular formula is C10H14N2O3. The Kier molecular flexibility index (Phi) is 3.76. The van der Waals surface area contributed by atoms with Gasteiger partial charge in [-0.2, -0.15) is 5.48 Å². The molecule has 15 heavy (non-hydrogen) atoms. The van der Waals surface area contributed by atoms with Crippen LogP contribution in [-0.4, -0.2) is 12.0 Å². The van der Waals surface area contributed by atoms with E-state index < -0.39 is 0 Å². The Hall–Kier alpha value is -1.46. The predicted molar refractivity (Wildman–Crippen MR) is 56.4 cm³/mol. The number of benzene rings is 1. The summed E-state index contributed by atoms with van der Waals surface area (Å²) in [7, 11) is 1.51. The van der Waals surface area contributed by atoms with Crippen LogP contribution in [0, 0.1) is 17.0 Å². The maximum atomic E-state index is 10.7. The van der Waals surface area contributed by atoms with Crippen LogP contribution < -0.4 is 5.48 Å². The van der Waals surface area contributed by atoms with Gasteiger partial charge in [0.05, 0.1) is 18.1 Å². The normalized spacial score (nSPS) is 12.5. The van der Waals surface area contributed by atoms with Crippen LogP contribution in [0.15, 0.2) is 18.2 Å². The lowest BCUT2D eigenvalue weighted by atomic mass is 10.1. The molecule has 0 amide bonds. The van der Waals surface area contributed by atoms with Gasteiger partial charge in [-0.3, -0.25) is 10.1 Å². The molecule has 0 aliphatic rings. The van der Waals surface area contributed by atoms with Crippen LogP contribution in [0.25, 0.3) is 0 Å². The number of nitro benzene ring substituents is 1. The first-order valence-electron chi connectivity index (χ1n) is 4.59. The van der Waals surface area contributed by atoms with E-state index >= 15 is 0 Å². The molecule has 5 heteroatoms. The standard InChI is InChI=1S/C10H14N2O3/c1-7-4-5-9(8(2)11-15-3)6-10(7)12(13)14/h4-6,8,11H,1-3H3. The van der Waals surface area contributed by atoms with Gasteiger partial charge < -0.3 is 4.84 Å². The molecule has 1 aromatic rings. The first-order chi connectivity index (χ1) is 7.06. The van der Waals surface area contributed by atoms with Crippen LogP contribution in [0.4, 0.5) is 5.69 Å². The van der Waals surface area contributed by atoms with Gasteiger partial charge in [-0.15, -0.1) is 0 Å². The van der Waals surface area contributed by atoms with E-state index in [1.165, 1.54) is 7.11 Å². The Morgan fingerprint density at radius 2 is 2.20 bits per heavy atom. The van der Waals surface area contributed by atoms with Crippen molar-refractivity contribution in [2.24, 2.45) is 0 Å². The number of hydrogen-bond donors (Lipinski definition) is 1. The summed E-state index contributed by atoms with van der Waals surface area (Å²) in [6.45, 7) is 3.59. The molecule has 0 aromatic heterocycles. The highest BCUT2D eigenvalue weighted by molar-refractivity contribution is 5.43. The highest BCUT2D eigenvalue weighted by Crippen LogP contribution is 2.22. The molecule has 0 radical (unpaired) electrons. The molecule has 0 fully saturated rings. The number of hydroxylamine groups is 1. The van der Waals surface area contributed by atoms with E-state index in [0.29, 0.717) is 5.56 Å². The molecule has 1 aromatic carbocycles. The van der Waals surface area contributed by atoms with E-state index in [4.69, 9.17) is 4.84 Å². The lowest BCUT2D eigenvalue weighted by Crippen LogP contribution is -2.16. The van der Waals surface area contributed by atoms with Crippen LogP contribution in [0.3, 0.4) is 0 Å². The molecule has 0 aliphatic carbocycles. The molecule has 5 nitrogen and oxygen atoms in total. The first kappa shape index (κ1) is 11.6. The highest BCUT2D eigenvalue weighted by atomic mass is 16.6. The van der Waals surface area contributed by atoms with Crippen LogP contribution in [-0.2, 0) is 4.84 Å². The molecule has 0 heterocycles. The average Bonchev–Trinajstić information content (AvgIpc) is 2.18. The van der Waals surface area contributed by atoms with Crippen molar-refractivity contribution >= 4 is 5.69 Å². The quantitative estimate of drug-likeness (QED) is 0.610. The number of nitro groups is 1. The number of hydrogen-bond acceptors (Lipinski definition) is 4. The summed E-state index contributed by atoms with van der Waals surface area (Å²) in [5, 5.41) is 10.7. The highest BCUT2D eigenvalue weighted by Gasteiger charge is 2.13. The summed E-state index contributed by atoms with van der Waals surface area (Å²) in [5.41, 5.74) is 4.35. The minimum atomic E-state index is -0.377. The maximum Gasteiger partial charge on any atom is 0.272 e. The Morgan fingerprint density at radius 1 is 1.53 bits per heavy atom. The van der Waals surface area contributed by atoms with Gasteiger partial charge in [-0.1, -0.05) is 12.1 Å². The number of aryl methyl sites for hydroxylation is 1. The lowest BCUT2D eigenvalue weighted by molar-refractivity contribution is -0.385. The summed E-state index contributed by atoms with van der Waals surface area (Å²) >= 11 is 0. The molecule has 1 rings (SSSR count). The van der Waals surface area contributed by atoms with Gasteiger partial charge in [0.15, 0.2) is 0 Å². The van der Waals surface area contributed by atoms with Crippen molar-refractivity contribution in [3.05, 3.63) is 39.4 Å². The topological polar surface area (TPSA) is 64.4 Å². The molecule has 0 saturated heterocycles. The average molecular weight is 210 g/mol. The monoisotopic (exact) mass is 210 g/mol. The smallest absolute Gasteiger partial charge is 0.272 e. The van der Waals surface area contributed by atoms with Crippen molar-refractivity contribution < 1.29 is 9.76 Å². The van der Waals surface area contributed by atoms with Crippen molar-refractivity contribution in [1.82, 2.24) is 5.48 Å². The SMILES string of the molecule is CONC(C)c1ccc(C)c([N+](=O)[O-])c1. The fourth-order valence-corrected chi connectivity index (χ4v) is 1.34. The van der Waals surface area contributed by atoms with Gasteiger partial charge in [-0.25, -0.2) is 0 Å². The van der Waals surface area contributed by atoms with Crippen molar-refractivity contribution in [2.45, 2.75) is 19.9 Å². The van der Waals surface area contributed by atoms with E-state index in [0.717, 1.165) is 5.56 Å². The third-order valence-corrected chi connectivity index (χ3v) is 2.22. The van der Waals surface area contributed by atoms with E-state index in [-0.39, 0.29) is 16.7 Å². The van der Waals surface area contributed by atoms with Gasteiger partial charge in [0.1, 0.15) is 0 Å². The van der Waals surface area contributed by atoms with Gasteiger partial charge in [0.2, 0.25) is 0 Å². The summed E-state index contributed by atoms with van der Waals surface area (Å²) in [5.74, 6) is 0. The molecule has 1 N–H and O–H groups in total. The van der Waals surface area contributed by atoms with E-state index in [1.807, 2.05) is 13.0 Å². The largest absolute Gasteiger partial charge is 0.305 e. The number of rotatable bonds is 4. The molecule has 0 aliphatic heterocycles. The zero-order valence-electron chi connectivity index (χ0n) is 8.98. The zero-order chi connectivity index (χ0) is 11.4. The summed E-state index contributed by atoms with van der Waals surface area (Å²) in [6, 6.07) is 5.07. The Morgan fingerprint density at radius 3 is 2.73 bits per heavy atom. The van der Waals surface area contributed by atoms with Crippen molar-refractivity contribution in [1.29, 1.82) is 0 Å². The van der Waals surface area contributed by atoms with Gasteiger partial charge in [0.25, 0.3) is 5.69 Å². The van der Waals surface area contributed by atoms with Gasteiger partial charge >= 0.3 is 0 Å². The fraction of sp³-hybridized carbons (Fsp3) is 0.400. The summed E-state index contributed by atoms with van der Waals surface area (Å²) < 4.78 is 0. The Labute approximate surface area is 88.2 Å². The second-order valence-electron chi connectivity index (χ2n) is 3.35. The van der Waals surface area contributed by atoms with Crippen LogP contribution in [0.2, 0.25) is 0 Å². The molecule has 0 spiro atoms. The van der Waals surface area contributed by atoms with Gasteiger partial charge in [-0.05, 0) is 19.4 Å². The van der Waals surface area contributed by atoms with E-state index in [9.17, 15) is 10.1 Å². The minimum Gasteiger partial charge on any atom is -0.305 e. The molecule has 1 unspecified atom stereocenters. The molecular weight excluding hydrogens is 196 g/mol. The zero-order valence-corrected chi connectivity index (χ0v) is 8.98. The Balaban J connectivity index is 3.02. The van der Waals surface area contributed by atoms with Crippen LogP contribution in [0.5, 0.6) is 0 Å². The minimum absolute atomic E-state index is 0.0747. The second kappa shape index (κ2) is 4.86. The third kappa shape index (κ3) is 2.74. The summed E-state index contributed by atoms with van der Waals surface area (Å²) in [4.78, 5) is 15.1. The fourth-order valence-electron chi connectivity index (χ4n) is 1.34. The molecule has 1 atom stereocenters. The third-order valence-electron chi connectivity index (χ3n) is 2.22. The first-order valence-corrected chi connectivity index (χ1v) is 4.59. The van der Waals surface area contributed by atoms with Crippen LogP contribution in [0.1, 0.15) is 24.1 Å². The van der Waals surface area contributed by atoms with Crippen molar-refractivity contribution in [3.8, 4) is 0 Å². The van der Waals surface area contributed by atoms with E-state index in [2.05, 4.69) is 5.48 Å². The second-order valence-corrected chi connectivity index (χ2v) is 3.35. The molecule has 0 bridgehead atoms. The number of nitrogens with one attached hydrogen (secondary N) is 1. The predicted octanol–water partition coefficient (Wildman–Crippen LogP) is 2.12. The maximum absolute atomic E-state index is 10.7. The molecule has 82 valence electrons. The van der Waals surface area contributed by atoms with Gasteiger partial charge in [0, 0.05) is 11.6 Å². The summed E-state index contributed by atoms with van der Waals surface area (Å²) in [6.07, 6.45) is 0. The lowest BCUT2D eigenvalue weighted by Gasteiger charge is -2.12. The number of nitrogens with zero attached hydrogens (tertiary/aromatic N) is 1. The molecule has 0 saturated carbocycles. The van der Waals surface area contributed by atoms with Crippen molar-refractivity contribution in [2.75, 3.05) is 7.11 Å². The Bertz CT molecular complexity index is 366. The van der Waals surface area contributed by atoms with E-state index in [1.54, 1.807) is 19.1 Å². The van der Waals surface area contributed by atoms with Crippen LogP contribution >= 0.6 is 0 Å².